The Morgan fingerprint density at radius 3 is 2.40 bits per heavy atom. The van der Waals surface area contributed by atoms with Gasteiger partial charge in [-0.3, -0.25) is 19.3 Å². The number of ketones is 1. The number of carbonyl (C=O) groups excluding carboxylic acids is 4. The average Bonchev–Trinajstić information content (AvgIpc) is 3.01. The van der Waals surface area contributed by atoms with Gasteiger partial charge in [0.2, 0.25) is 5.78 Å². The topological polar surface area (TPSA) is 99.2 Å². The molecule has 0 saturated carbocycles. The Kier molecular flexibility index (Phi) is 5.96. The van der Waals surface area contributed by atoms with Crippen LogP contribution >= 0.6 is 0 Å². The number of ether oxygens (including phenoxy) is 3. The van der Waals surface area contributed by atoms with Gasteiger partial charge in [0.05, 0.1) is 36.5 Å². The maximum Gasteiger partial charge on any atom is 0.338 e. The van der Waals surface area contributed by atoms with Crippen molar-refractivity contribution < 1.29 is 33.4 Å². The highest BCUT2D eigenvalue weighted by molar-refractivity contribution is 6.22. The van der Waals surface area contributed by atoms with Crippen LogP contribution in [0.25, 0.3) is 0 Å². The number of Topliss-reactive ketones (excluding diaryl/α,β-unsaturated/α-hetero) is 1. The maximum absolute atomic E-state index is 12.4. The standard InChI is InChI=1S/C22H19NO7/c1-4-9-23-20(25)15-7-5-13(10-17(15)21(23)26)22(27)30-12-18(24)16-8-6-14(28-2)11-19(16)29-3/h4-8,10-11H,1,9,12H2,2-3H3. The summed E-state index contributed by atoms with van der Waals surface area (Å²) in [6.07, 6.45) is 1.44. The van der Waals surface area contributed by atoms with Gasteiger partial charge < -0.3 is 14.2 Å². The molecular weight excluding hydrogens is 390 g/mol. The first kappa shape index (κ1) is 20.8. The number of esters is 1. The summed E-state index contributed by atoms with van der Waals surface area (Å²) >= 11 is 0. The fraction of sp³-hybridized carbons (Fsp3) is 0.182. The predicted molar refractivity (Wildman–Crippen MR) is 106 cm³/mol. The van der Waals surface area contributed by atoms with Crippen molar-refractivity contribution in [2.24, 2.45) is 0 Å². The molecule has 1 aliphatic heterocycles. The molecular formula is C22H19NO7. The summed E-state index contributed by atoms with van der Waals surface area (Å²) in [4.78, 5) is 50.5. The Hall–Kier alpha value is -3.94. The van der Waals surface area contributed by atoms with Crippen LogP contribution in [0.5, 0.6) is 11.5 Å². The van der Waals surface area contributed by atoms with Gasteiger partial charge in [-0.25, -0.2) is 4.79 Å². The first-order valence-corrected chi connectivity index (χ1v) is 8.94. The lowest BCUT2D eigenvalue weighted by Gasteiger charge is -2.10. The number of benzene rings is 2. The molecule has 2 amide bonds. The van der Waals surface area contributed by atoms with E-state index in [0.29, 0.717) is 11.5 Å². The Labute approximate surface area is 172 Å². The van der Waals surface area contributed by atoms with E-state index < -0.39 is 30.2 Å². The monoisotopic (exact) mass is 409 g/mol. The minimum atomic E-state index is -0.791. The zero-order valence-corrected chi connectivity index (χ0v) is 16.5. The van der Waals surface area contributed by atoms with Crippen molar-refractivity contribution in [1.29, 1.82) is 0 Å². The highest BCUT2D eigenvalue weighted by Crippen LogP contribution is 2.26. The maximum atomic E-state index is 12.4. The van der Waals surface area contributed by atoms with E-state index in [2.05, 4.69) is 6.58 Å². The number of imide groups is 1. The molecule has 1 aliphatic rings. The summed E-state index contributed by atoms with van der Waals surface area (Å²) in [5.41, 5.74) is 0.614. The molecule has 2 aromatic carbocycles. The lowest BCUT2D eigenvalue weighted by Crippen LogP contribution is -2.29. The van der Waals surface area contributed by atoms with Crippen molar-refractivity contribution in [3.63, 3.8) is 0 Å². The van der Waals surface area contributed by atoms with E-state index in [-0.39, 0.29) is 28.8 Å². The first-order valence-electron chi connectivity index (χ1n) is 8.94. The van der Waals surface area contributed by atoms with Crippen LogP contribution in [0.4, 0.5) is 0 Å². The Morgan fingerprint density at radius 2 is 1.73 bits per heavy atom. The Bertz CT molecular complexity index is 1060. The molecule has 8 nitrogen and oxygen atoms in total. The number of rotatable bonds is 8. The van der Waals surface area contributed by atoms with Crippen molar-refractivity contribution in [3.8, 4) is 11.5 Å². The molecule has 2 aromatic rings. The van der Waals surface area contributed by atoms with E-state index in [0.717, 1.165) is 4.90 Å². The van der Waals surface area contributed by atoms with Gasteiger partial charge >= 0.3 is 5.97 Å². The van der Waals surface area contributed by atoms with Gasteiger partial charge in [-0.05, 0) is 30.3 Å². The van der Waals surface area contributed by atoms with Crippen molar-refractivity contribution in [1.82, 2.24) is 4.90 Å². The third-order valence-electron chi connectivity index (χ3n) is 4.56. The predicted octanol–water partition coefficient (Wildman–Crippen LogP) is 2.53. The number of nitrogens with zero attached hydrogens (tertiary/aromatic N) is 1. The smallest absolute Gasteiger partial charge is 0.338 e. The number of amides is 2. The van der Waals surface area contributed by atoms with E-state index in [1.807, 2.05) is 0 Å². The van der Waals surface area contributed by atoms with Crippen LogP contribution in [0.1, 0.15) is 41.4 Å². The van der Waals surface area contributed by atoms with Gasteiger partial charge in [-0.1, -0.05) is 6.08 Å². The molecule has 0 spiro atoms. The fourth-order valence-electron chi connectivity index (χ4n) is 3.03. The molecule has 0 saturated heterocycles. The van der Waals surface area contributed by atoms with Crippen molar-refractivity contribution >= 4 is 23.6 Å². The highest BCUT2D eigenvalue weighted by Gasteiger charge is 2.35. The van der Waals surface area contributed by atoms with E-state index in [1.54, 1.807) is 12.1 Å². The third-order valence-corrected chi connectivity index (χ3v) is 4.56. The zero-order valence-electron chi connectivity index (χ0n) is 16.5. The summed E-state index contributed by atoms with van der Waals surface area (Å²) < 4.78 is 15.4. The number of hydrogen-bond donors (Lipinski definition) is 0. The average molecular weight is 409 g/mol. The Balaban J connectivity index is 1.72. The fourth-order valence-corrected chi connectivity index (χ4v) is 3.03. The van der Waals surface area contributed by atoms with E-state index in [4.69, 9.17) is 14.2 Å². The van der Waals surface area contributed by atoms with Gasteiger partial charge in [0.25, 0.3) is 11.8 Å². The largest absolute Gasteiger partial charge is 0.497 e. The van der Waals surface area contributed by atoms with Crippen LogP contribution in [-0.4, -0.2) is 55.8 Å². The lowest BCUT2D eigenvalue weighted by atomic mass is 10.1. The summed E-state index contributed by atoms with van der Waals surface area (Å²) in [5, 5.41) is 0. The van der Waals surface area contributed by atoms with Gasteiger partial charge in [0.15, 0.2) is 6.61 Å². The molecule has 0 aromatic heterocycles. The minimum absolute atomic E-state index is 0.0600. The van der Waals surface area contributed by atoms with Crippen LogP contribution in [0.15, 0.2) is 49.1 Å². The van der Waals surface area contributed by atoms with Crippen LogP contribution in [-0.2, 0) is 4.74 Å². The molecule has 1 heterocycles. The summed E-state index contributed by atoms with van der Waals surface area (Å²) in [6.45, 7) is 3.08. The molecule has 3 rings (SSSR count). The number of carbonyl (C=O) groups is 4. The van der Waals surface area contributed by atoms with Crippen molar-refractivity contribution in [2.45, 2.75) is 0 Å². The van der Waals surface area contributed by atoms with Crippen LogP contribution < -0.4 is 9.47 Å². The Morgan fingerprint density at radius 1 is 1.00 bits per heavy atom. The molecule has 0 bridgehead atoms. The molecule has 0 radical (unpaired) electrons. The third kappa shape index (κ3) is 3.80. The number of fused-ring (bicyclic) bond motifs is 1. The summed E-state index contributed by atoms with van der Waals surface area (Å²) in [7, 11) is 2.90. The second-order valence-corrected chi connectivity index (χ2v) is 6.34. The van der Waals surface area contributed by atoms with Crippen LogP contribution in [0.3, 0.4) is 0 Å². The van der Waals surface area contributed by atoms with Crippen LogP contribution in [0, 0.1) is 0 Å². The summed E-state index contributed by atoms with van der Waals surface area (Å²) in [5.74, 6) is -1.41. The van der Waals surface area contributed by atoms with E-state index >= 15 is 0 Å². The second kappa shape index (κ2) is 8.60. The van der Waals surface area contributed by atoms with Gasteiger partial charge in [-0.2, -0.15) is 0 Å². The van der Waals surface area contributed by atoms with Gasteiger partial charge in [0, 0.05) is 12.6 Å². The molecule has 0 fully saturated rings. The van der Waals surface area contributed by atoms with Crippen molar-refractivity contribution in [2.75, 3.05) is 27.4 Å². The molecule has 0 unspecified atom stereocenters. The quantitative estimate of drug-likeness (QED) is 0.286. The lowest BCUT2D eigenvalue weighted by molar-refractivity contribution is 0.0473. The normalized spacial score (nSPS) is 12.4. The number of methoxy groups -OCH3 is 2. The molecule has 30 heavy (non-hydrogen) atoms. The highest BCUT2D eigenvalue weighted by atomic mass is 16.5. The second-order valence-electron chi connectivity index (χ2n) is 6.34. The zero-order chi connectivity index (χ0) is 21.8. The SMILES string of the molecule is C=CCN1C(=O)c2ccc(C(=O)OCC(=O)c3ccc(OC)cc3OC)cc2C1=O. The molecule has 0 atom stereocenters. The molecule has 154 valence electrons. The number of hydrogen-bond acceptors (Lipinski definition) is 7. The van der Waals surface area contributed by atoms with E-state index in [9.17, 15) is 19.2 Å². The minimum Gasteiger partial charge on any atom is -0.497 e. The van der Waals surface area contributed by atoms with Crippen molar-refractivity contribution in [3.05, 3.63) is 71.3 Å². The van der Waals surface area contributed by atoms with Gasteiger partial charge in [0.1, 0.15) is 11.5 Å². The van der Waals surface area contributed by atoms with E-state index in [1.165, 1.54) is 44.6 Å². The van der Waals surface area contributed by atoms with Crippen LogP contribution in [0.2, 0.25) is 0 Å². The molecule has 0 N–H and O–H groups in total. The summed E-state index contributed by atoms with van der Waals surface area (Å²) in [6, 6.07) is 8.72. The molecule has 8 heteroatoms. The van der Waals surface area contributed by atoms with Gasteiger partial charge in [-0.15, -0.1) is 6.58 Å². The first-order chi connectivity index (χ1) is 14.4. The molecule has 0 aliphatic carbocycles.